The van der Waals surface area contributed by atoms with Gasteiger partial charge in [0.2, 0.25) is 0 Å². The van der Waals surface area contributed by atoms with Crippen LogP contribution in [0.1, 0.15) is 32.8 Å². The molecule has 0 saturated carbocycles. The summed E-state index contributed by atoms with van der Waals surface area (Å²) < 4.78 is 0. The summed E-state index contributed by atoms with van der Waals surface area (Å²) in [4.78, 5) is 17.1. The predicted molar refractivity (Wildman–Crippen MR) is 85.0 cm³/mol. The quantitative estimate of drug-likeness (QED) is 0.790. The van der Waals surface area contributed by atoms with E-state index in [4.69, 9.17) is 0 Å². The number of benzene rings is 1. The van der Waals surface area contributed by atoms with Crippen molar-refractivity contribution in [3.8, 4) is 0 Å². The van der Waals surface area contributed by atoms with Crippen molar-refractivity contribution in [3.63, 3.8) is 0 Å². The maximum Gasteiger partial charge on any atom is 0.252 e. The van der Waals surface area contributed by atoms with Crippen LogP contribution < -0.4 is 15.1 Å². The molecule has 4 nitrogen and oxygen atoms in total. The topological polar surface area (TPSA) is 35.6 Å². The number of hydrogen-bond donors (Lipinski definition) is 1. The van der Waals surface area contributed by atoms with Crippen molar-refractivity contribution in [1.82, 2.24) is 5.32 Å². The molecule has 0 bridgehead atoms. The molecular formula is C17H23N3O. The fourth-order valence-corrected chi connectivity index (χ4v) is 4.68. The first-order chi connectivity index (χ1) is 9.89. The molecule has 3 heterocycles. The predicted octanol–water partition coefficient (Wildman–Crippen LogP) is 1.88. The van der Waals surface area contributed by atoms with E-state index < -0.39 is 5.54 Å². The minimum atomic E-state index is -0.475. The van der Waals surface area contributed by atoms with Gasteiger partial charge in [-0.3, -0.25) is 4.79 Å². The Morgan fingerprint density at radius 1 is 1.29 bits per heavy atom. The second-order valence-electron chi connectivity index (χ2n) is 7.37. The Morgan fingerprint density at radius 3 is 2.81 bits per heavy atom. The van der Waals surface area contributed by atoms with Gasteiger partial charge in [-0.1, -0.05) is 19.1 Å². The van der Waals surface area contributed by atoms with Crippen molar-refractivity contribution >= 4 is 17.3 Å². The summed E-state index contributed by atoms with van der Waals surface area (Å²) in [6.07, 6.45) is 1.09. The first-order valence-corrected chi connectivity index (χ1v) is 7.81. The molecular weight excluding hydrogens is 262 g/mol. The Kier molecular flexibility index (Phi) is 2.38. The van der Waals surface area contributed by atoms with Crippen LogP contribution in [0.5, 0.6) is 0 Å². The number of piperidine rings is 1. The maximum atomic E-state index is 12.8. The lowest BCUT2D eigenvalue weighted by molar-refractivity contribution is -0.123. The highest BCUT2D eigenvalue weighted by atomic mass is 16.2. The van der Waals surface area contributed by atoms with Gasteiger partial charge in [-0.2, -0.15) is 0 Å². The van der Waals surface area contributed by atoms with Crippen LogP contribution in [-0.4, -0.2) is 37.6 Å². The summed E-state index contributed by atoms with van der Waals surface area (Å²) in [7, 11) is 1.90. The van der Waals surface area contributed by atoms with E-state index in [2.05, 4.69) is 49.2 Å². The van der Waals surface area contributed by atoms with E-state index in [0.717, 1.165) is 25.2 Å². The first kappa shape index (κ1) is 13.1. The third kappa shape index (κ3) is 1.37. The van der Waals surface area contributed by atoms with Crippen LogP contribution in [-0.2, 0) is 10.2 Å². The molecule has 0 aromatic heterocycles. The third-order valence-electron chi connectivity index (χ3n) is 5.80. The first-order valence-electron chi connectivity index (χ1n) is 7.81. The Bertz CT molecular complexity index is 639. The summed E-state index contributed by atoms with van der Waals surface area (Å²) in [5.74, 6) is 0.190. The molecule has 4 heteroatoms. The van der Waals surface area contributed by atoms with Gasteiger partial charge in [0.25, 0.3) is 5.91 Å². The number of nitrogens with one attached hydrogen (secondary N) is 1. The lowest BCUT2D eigenvalue weighted by Gasteiger charge is -2.50. The number of anilines is 2. The van der Waals surface area contributed by atoms with Crippen molar-refractivity contribution < 1.29 is 4.79 Å². The van der Waals surface area contributed by atoms with Gasteiger partial charge in [-0.15, -0.1) is 0 Å². The van der Waals surface area contributed by atoms with E-state index in [9.17, 15) is 4.79 Å². The Labute approximate surface area is 126 Å². The molecule has 4 rings (SSSR count). The number of rotatable bonds is 0. The molecule has 1 N–H and O–H groups in total. The zero-order valence-corrected chi connectivity index (χ0v) is 13.2. The van der Waals surface area contributed by atoms with Crippen LogP contribution in [0, 0.1) is 0 Å². The number of likely N-dealkylation sites (N-methyl/N-ethyl adjacent to an activating group) is 1. The highest BCUT2D eigenvalue weighted by molar-refractivity contribution is 6.09. The van der Waals surface area contributed by atoms with E-state index in [1.54, 1.807) is 0 Å². The highest BCUT2D eigenvalue weighted by Gasteiger charge is 2.58. The van der Waals surface area contributed by atoms with Crippen molar-refractivity contribution in [2.75, 3.05) is 29.9 Å². The smallest absolute Gasteiger partial charge is 0.252 e. The summed E-state index contributed by atoms with van der Waals surface area (Å²) in [5.41, 5.74) is 3.35. The second-order valence-corrected chi connectivity index (χ2v) is 7.37. The number of carbonyl (C=O) groups excluding carboxylic acids is 1. The third-order valence-corrected chi connectivity index (χ3v) is 5.80. The summed E-state index contributed by atoms with van der Waals surface area (Å²) in [6.45, 7) is 8.50. The number of para-hydroxylation sites is 1. The SMILES string of the molecule is CN1C(=O)C(C)(C)N2c3c1cccc3C1(C)CNCCC21. The zero-order chi connectivity index (χ0) is 15.0. The van der Waals surface area contributed by atoms with Crippen molar-refractivity contribution in [2.24, 2.45) is 0 Å². The molecule has 1 aromatic rings. The Hall–Kier alpha value is -1.55. The molecule has 21 heavy (non-hydrogen) atoms. The number of nitrogens with zero attached hydrogens (tertiary/aromatic N) is 2. The molecule has 1 amide bonds. The van der Waals surface area contributed by atoms with Crippen LogP contribution in [0.4, 0.5) is 11.4 Å². The fraction of sp³-hybridized carbons (Fsp3) is 0.588. The highest BCUT2D eigenvalue weighted by Crippen LogP contribution is 2.56. The average molecular weight is 285 g/mol. The van der Waals surface area contributed by atoms with E-state index in [1.165, 1.54) is 11.3 Å². The van der Waals surface area contributed by atoms with Crippen LogP contribution in [0.3, 0.4) is 0 Å². The molecule has 2 unspecified atom stereocenters. The van der Waals surface area contributed by atoms with Gasteiger partial charge in [0.05, 0.1) is 11.4 Å². The average Bonchev–Trinajstić information content (AvgIpc) is 2.74. The number of hydrogen-bond acceptors (Lipinski definition) is 3. The molecule has 2 atom stereocenters. The van der Waals surface area contributed by atoms with Gasteiger partial charge in [0.15, 0.2) is 0 Å². The molecule has 112 valence electrons. The minimum absolute atomic E-state index is 0.0896. The second kappa shape index (κ2) is 3.80. The van der Waals surface area contributed by atoms with Crippen LogP contribution in [0.2, 0.25) is 0 Å². The van der Waals surface area contributed by atoms with Gasteiger partial charge in [0, 0.05) is 25.0 Å². The molecule has 1 fully saturated rings. The standard InChI is InChI=1S/C17H23N3O/c1-16(2)15(21)19(4)12-7-5-6-11-14(12)20(16)13-8-9-18-10-17(11,13)3/h5-7,13,18H,8-10H2,1-4H3. The molecule has 1 saturated heterocycles. The van der Waals surface area contributed by atoms with Crippen LogP contribution in [0.15, 0.2) is 18.2 Å². The fourth-order valence-electron chi connectivity index (χ4n) is 4.68. The Balaban J connectivity index is 2.03. The largest absolute Gasteiger partial charge is 0.352 e. The monoisotopic (exact) mass is 285 g/mol. The van der Waals surface area contributed by atoms with Crippen molar-refractivity contribution in [3.05, 3.63) is 23.8 Å². The van der Waals surface area contributed by atoms with E-state index in [0.29, 0.717) is 6.04 Å². The van der Waals surface area contributed by atoms with Crippen molar-refractivity contribution in [1.29, 1.82) is 0 Å². The zero-order valence-electron chi connectivity index (χ0n) is 13.2. The van der Waals surface area contributed by atoms with Gasteiger partial charge in [-0.05, 0) is 38.4 Å². The molecule has 1 aromatic carbocycles. The summed E-state index contributed by atoms with van der Waals surface area (Å²) in [5, 5.41) is 3.55. The van der Waals surface area contributed by atoms with E-state index >= 15 is 0 Å². The van der Waals surface area contributed by atoms with E-state index in [-0.39, 0.29) is 11.3 Å². The molecule has 0 radical (unpaired) electrons. The number of amides is 1. The lowest BCUT2D eigenvalue weighted by atomic mass is 9.75. The summed E-state index contributed by atoms with van der Waals surface area (Å²) in [6, 6.07) is 6.82. The van der Waals surface area contributed by atoms with Crippen LogP contribution in [0.25, 0.3) is 0 Å². The lowest BCUT2D eigenvalue weighted by Crippen LogP contribution is -2.65. The van der Waals surface area contributed by atoms with E-state index in [1.807, 2.05) is 11.9 Å². The van der Waals surface area contributed by atoms with Crippen LogP contribution >= 0.6 is 0 Å². The van der Waals surface area contributed by atoms with Gasteiger partial charge < -0.3 is 15.1 Å². The molecule has 3 aliphatic rings. The summed E-state index contributed by atoms with van der Waals surface area (Å²) >= 11 is 0. The maximum absolute atomic E-state index is 12.8. The molecule has 0 spiro atoms. The van der Waals surface area contributed by atoms with Gasteiger partial charge in [-0.25, -0.2) is 0 Å². The van der Waals surface area contributed by atoms with Crippen molar-refractivity contribution in [2.45, 2.75) is 44.2 Å². The van der Waals surface area contributed by atoms with Gasteiger partial charge in [0.1, 0.15) is 5.54 Å². The Morgan fingerprint density at radius 2 is 2.05 bits per heavy atom. The molecule has 0 aliphatic carbocycles. The number of fused-ring (bicyclic) bond motifs is 3. The number of carbonyl (C=O) groups is 1. The van der Waals surface area contributed by atoms with Gasteiger partial charge >= 0.3 is 0 Å². The molecule has 3 aliphatic heterocycles. The minimum Gasteiger partial charge on any atom is -0.352 e. The normalized spacial score (nSPS) is 33.0.